The quantitative estimate of drug-likeness (QED) is 0.829. The fraction of sp³-hybridized carbons (Fsp3) is 0.933. The Balaban J connectivity index is 1.83. The summed E-state index contributed by atoms with van der Waals surface area (Å²) in [6, 6.07) is 0. The second-order valence-electron chi connectivity index (χ2n) is 6.35. The lowest BCUT2D eigenvalue weighted by atomic mass is 9.73. The summed E-state index contributed by atoms with van der Waals surface area (Å²) in [5.41, 5.74) is 0.496. The van der Waals surface area contributed by atoms with Gasteiger partial charge in [-0.2, -0.15) is 0 Å². The number of carbonyl (C=O) groups is 1. The third kappa shape index (κ3) is 4.18. The summed E-state index contributed by atoms with van der Waals surface area (Å²) in [6.07, 6.45) is 6.44. The molecule has 19 heavy (non-hydrogen) atoms. The molecular formula is C15H28N2O2. The number of carboxylic acids is 1. The largest absolute Gasteiger partial charge is 0.481 e. The first kappa shape index (κ1) is 14.8. The molecule has 2 aliphatic rings. The molecule has 2 aliphatic heterocycles. The second-order valence-corrected chi connectivity index (χ2v) is 6.35. The number of carboxylic acid groups (broad SMARTS) is 1. The highest BCUT2D eigenvalue weighted by atomic mass is 16.4. The van der Waals surface area contributed by atoms with Crippen LogP contribution in [-0.4, -0.2) is 60.1 Å². The maximum absolute atomic E-state index is 10.6. The Bertz CT molecular complexity index is 305. The molecule has 0 aromatic carbocycles. The average Bonchev–Trinajstić information content (AvgIpc) is 2.38. The molecule has 0 amide bonds. The van der Waals surface area contributed by atoms with E-state index in [1.54, 1.807) is 0 Å². The molecule has 2 rings (SSSR count). The summed E-state index contributed by atoms with van der Waals surface area (Å²) in [4.78, 5) is 15.7. The Morgan fingerprint density at radius 1 is 1.16 bits per heavy atom. The van der Waals surface area contributed by atoms with Crippen molar-refractivity contribution >= 4 is 5.97 Å². The van der Waals surface area contributed by atoms with Crippen LogP contribution >= 0.6 is 0 Å². The van der Waals surface area contributed by atoms with Gasteiger partial charge in [0.1, 0.15) is 0 Å². The molecule has 2 heterocycles. The van der Waals surface area contributed by atoms with Crippen LogP contribution in [0.15, 0.2) is 0 Å². The molecule has 4 nitrogen and oxygen atoms in total. The molecule has 0 bridgehead atoms. The summed E-state index contributed by atoms with van der Waals surface area (Å²) < 4.78 is 0. The third-order valence-electron chi connectivity index (χ3n) is 4.79. The van der Waals surface area contributed by atoms with Crippen LogP contribution < -0.4 is 0 Å². The van der Waals surface area contributed by atoms with Gasteiger partial charge >= 0.3 is 5.97 Å². The summed E-state index contributed by atoms with van der Waals surface area (Å²) in [5, 5.41) is 8.73. The number of piperidine rings is 2. The van der Waals surface area contributed by atoms with Gasteiger partial charge in [0.2, 0.25) is 0 Å². The maximum Gasteiger partial charge on any atom is 0.303 e. The van der Waals surface area contributed by atoms with Crippen molar-refractivity contribution in [2.75, 3.05) is 39.3 Å². The van der Waals surface area contributed by atoms with Crippen molar-refractivity contribution < 1.29 is 9.90 Å². The van der Waals surface area contributed by atoms with E-state index in [0.29, 0.717) is 11.8 Å². The predicted octanol–water partition coefficient (Wildman–Crippen LogP) is 2.05. The molecule has 0 aromatic heterocycles. The summed E-state index contributed by atoms with van der Waals surface area (Å²) in [5.74, 6) is -0.665. The normalized spacial score (nSPS) is 29.7. The zero-order valence-electron chi connectivity index (χ0n) is 12.2. The van der Waals surface area contributed by atoms with Crippen LogP contribution in [0.5, 0.6) is 0 Å². The van der Waals surface area contributed by atoms with Gasteiger partial charge in [-0.05, 0) is 63.7 Å². The maximum atomic E-state index is 10.6. The van der Waals surface area contributed by atoms with Gasteiger partial charge in [0.15, 0.2) is 0 Å². The molecule has 0 radical (unpaired) electrons. The van der Waals surface area contributed by atoms with Gasteiger partial charge in [-0.15, -0.1) is 0 Å². The first-order chi connectivity index (χ1) is 9.13. The van der Waals surface area contributed by atoms with E-state index in [1.165, 1.54) is 51.9 Å². The van der Waals surface area contributed by atoms with E-state index in [-0.39, 0.29) is 0 Å². The number of aliphatic carboxylic acids is 1. The van der Waals surface area contributed by atoms with Gasteiger partial charge in [0, 0.05) is 19.5 Å². The highest BCUT2D eigenvalue weighted by Gasteiger charge is 2.38. The van der Waals surface area contributed by atoms with Crippen LogP contribution in [0.1, 0.15) is 45.4 Å². The van der Waals surface area contributed by atoms with Crippen molar-refractivity contribution in [2.24, 2.45) is 5.41 Å². The van der Waals surface area contributed by atoms with E-state index in [4.69, 9.17) is 5.11 Å². The van der Waals surface area contributed by atoms with Crippen LogP contribution in [0, 0.1) is 5.41 Å². The molecule has 1 unspecified atom stereocenters. The minimum Gasteiger partial charge on any atom is -0.481 e. The Labute approximate surface area is 116 Å². The molecule has 1 atom stereocenters. The molecule has 1 spiro atoms. The Hall–Kier alpha value is -0.610. The van der Waals surface area contributed by atoms with E-state index in [2.05, 4.69) is 16.7 Å². The number of hydrogen-bond donors (Lipinski definition) is 1. The fourth-order valence-corrected chi connectivity index (χ4v) is 3.87. The summed E-state index contributed by atoms with van der Waals surface area (Å²) >= 11 is 0. The van der Waals surface area contributed by atoms with Crippen LogP contribution in [0.4, 0.5) is 0 Å². The van der Waals surface area contributed by atoms with Crippen molar-refractivity contribution in [3.63, 3.8) is 0 Å². The minimum atomic E-state index is -0.665. The monoisotopic (exact) mass is 268 g/mol. The third-order valence-corrected chi connectivity index (χ3v) is 4.79. The molecule has 0 aliphatic carbocycles. The van der Waals surface area contributed by atoms with E-state index < -0.39 is 5.97 Å². The zero-order valence-corrected chi connectivity index (χ0v) is 12.2. The Morgan fingerprint density at radius 3 is 2.42 bits per heavy atom. The summed E-state index contributed by atoms with van der Waals surface area (Å²) in [6.45, 7) is 9.24. The van der Waals surface area contributed by atoms with Crippen LogP contribution in [0.3, 0.4) is 0 Å². The van der Waals surface area contributed by atoms with Crippen molar-refractivity contribution in [1.82, 2.24) is 9.80 Å². The van der Waals surface area contributed by atoms with E-state index in [0.717, 1.165) is 19.5 Å². The van der Waals surface area contributed by atoms with Crippen molar-refractivity contribution in [2.45, 2.75) is 45.4 Å². The number of likely N-dealkylation sites (tertiary alicyclic amines) is 2. The molecule has 1 N–H and O–H groups in total. The average molecular weight is 268 g/mol. The highest BCUT2D eigenvalue weighted by Crippen LogP contribution is 2.38. The second kappa shape index (κ2) is 6.71. The molecule has 4 heteroatoms. The first-order valence-corrected chi connectivity index (χ1v) is 7.80. The highest BCUT2D eigenvalue weighted by molar-refractivity contribution is 5.66. The van der Waals surface area contributed by atoms with Crippen LogP contribution in [-0.2, 0) is 4.79 Å². The Morgan fingerprint density at radius 2 is 1.79 bits per heavy atom. The predicted molar refractivity (Wildman–Crippen MR) is 76.3 cm³/mol. The molecular weight excluding hydrogens is 240 g/mol. The fourth-order valence-electron chi connectivity index (χ4n) is 3.87. The molecule has 0 aromatic rings. The van der Waals surface area contributed by atoms with Gasteiger partial charge < -0.3 is 14.9 Å². The Kier molecular flexibility index (Phi) is 5.22. The number of rotatable bonds is 5. The molecule has 0 saturated carbocycles. The number of nitrogens with zero attached hydrogens (tertiary/aromatic N) is 2. The van der Waals surface area contributed by atoms with Gasteiger partial charge in [0.25, 0.3) is 0 Å². The summed E-state index contributed by atoms with van der Waals surface area (Å²) in [7, 11) is 0. The van der Waals surface area contributed by atoms with Gasteiger partial charge in [-0.25, -0.2) is 0 Å². The first-order valence-electron chi connectivity index (χ1n) is 7.80. The van der Waals surface area contributed by atoms with Gasteiger partial charge in [-0.3, -0.25) is 4.79 Å². The van der Waals surface area contributed by atoms with Gasteiger partial charge in [-0.1, -0.05) is 6.92 Å². The van der Waals surface area contributed by atoms with E-state index in [1.807, 2.05) is 0 Å². The molecule has 110 valence electrons. The molecule has 2 fully saturated rings. The smallest absolute Gasteiger partial charge is 0.303 e. The molecule has 2 saturated heterocycles. The van der Waals surface area contributed by atoms with Crippen LogP contribution in [0.2, 0.25) is 0 Å². The lowest BCUT2D eigenvalue weighted by Crippen LogP contribution is -2.52. The van der Waals surface area contributed by atoms with Crippen LogP contribution in [0.25, 0.3) is 0 Å². The lowest BCUT2D eigenvalue weighted by Gasteiger charge is -2.48. The lowest BCUT2D eigenvalue weighted by molar-refractivity contribution is -0.137. The minimum absolute atomic E-state index is 0.310. The van der Waals surface area contributed by atoms with E-state index in [9.17, 15) is 4.79 Å². The van der Waals surface area contributed by atoms with Crippen molar-refractivity contribution in [1.29, 1.82) is 0 Å². The van der Waals surface area contributed by atoms with Crippen molar-refractivity contribution in [3.8, 4) is 0 Å². The number of hydrogen-bond acceptors (Lipinski definition) is 3. The van der Waals surface area contributed by atoms with Gasteiger partial charge in [0.05, 0.1) is 0 Å². The standard InChI is InChI=1S/C15H28N2O2/c1-2-16-10-4-7-15(12-16)8-5-11-17(13-15)9-3-6-14(18)19/h2-13H2,1H3,(H,18,19). The SMILES string of the molecule is CCN1CCCC2(CCCN(CCCC(=O)O)C2)C1. The van der Waals surface area contributed by atoms with E-state index >= 15 is 0 Å². The zero-order chi connectivity index (χ0) is 13.7. The topological polar surface area (TPSA) is 43.8 Å². The van der Waals surface area contributed by atoms with Crippen molar-refractivity contribution in [3.05, 3.63) is 0 Å².